The number of nitrogens with zero attached hydrogens (tertiary/aromatic N) is 3. The Labute approximate surface area is 374 Å². The van der Waals surface area contributed by atoms with E-state index < -0.39 is 0 Å². The van der Waals surface area contributed by atoms with E-state index in [2.05, 4.69) is 251 Å². The molecule has 0 atom stereocenters. The van der Waals surface area contributed by atoms with Crippen LogP contribution < -0.4 is 4.90 Å². The van der Waals surface area contributed by atoms with Crippen LogP contribution in [0.1, 0.15) is 0 Å². The van der Waals surface area contributed by atoms with E-state index in [-0.39, 0.29) is 0 Å². The molecule has 0 saturated heterocycles. The molecule has 300 valence electrons. The van der Waals surface area contributed by atoms with Crippen LogP contribution in [-0.4, -0.2) is 9.13 Å². The van der Waals surface area contributed by atoms with Crippen molar-refractivity contribution in [1.82, 2.24) is 9.13 Å². The van der Waals surface area contributed by atoms with Gasteiger partial charge in [0.15, 0.2) is 0 Å². The number of hydrogen-bond donors (Lipinski definition) is 0. The first-order valence-electron chi connectivity index (χ1n) is 21.8. The van der Waals surface area contributed by atoms with Gasteiger partial charge in [-0.15, -0.1) is 11.3 Å². The molecule has 3 heterocycles. The zero-order chi connectivity index (χ0) is 42.1. The molecule has 0 amide bonds. The Morgan fingerprint density at radius 2 is 0.828 bits per heavy atom. The van der Waals surface area contributed by atoms with Gasteiger partial charge in [0.05, 0.1) is 22.1 Å². The van der Waals surface area contributed by atoms with Gasteiger partial charge in [0, 0.05) is 70.2 Å². The number of fused-ring (bicyclic) bond motifs is 9. The number of aromatic nitrogens is 2. The normalized spacial score (nSPS) is 11.8. The monoisotopic (exact) mass is 833 g/mol. The molecule has 0 bridgehead atoms. The van der Waals surface area contributed by atoms with Crippen LogP contribution in [0, 0.1) is 0 Å². The summed E-state index contributed by atoms with van der Waals surface area (Å²) < 4.78 is 7.44. The molecule has 3 nitrogen and oxygen atoms in total. The smallest absolute Gasteiger partial charge is 0.0547 e. The fourth-order valence-electron chi connectivity index (χ4n) is 10.0. The van der Waals surface area contributed by atoms with Crippen molar-refractivity contribution in [2.75, 3.05) is 4.90 Å². The van der Waals surface area contributed by atoms with Gasteiger partial charge in [0.25, 0.3) is 0 Å². The molecule has 0 aliphatic carbocycles. The van der Waals surface area contributed by atoms with E-state index in [0.29, 0.717) is 0 Å². The largest absolute Gasteiger partial charge is 0.310 e. The minimum atomic E-state index is 1.10. The predicted molar refractivity (Wildman–Crippen MR) is 274 cm³/mol. The van der Waals surface area contributed by atoms with Crippen molar-refractivity contribution in [3.05, 3.63) is 237 Å². The third-order valence-electron chi connectivity index (χ3n) is 12.9. The number of hydrogen-bond acceptors (Lipinski definition) is 2. The molecule has 64 heavy (non-hydrogen) atoms. The molecule has 0 aliphatic rings. The Kier molecular flexibility index (Phi) is 8.40. The fourth-order valence-corrected chi connectivity index (χ4v) is 11.1. The molecule has 0 aliphatic heterocycles. The summed E-state index contributed by atoms with van der Waals surface area (Å²) in [4.78, 5) is 2.39. The SMILES string of the molecule is c1ccc(-c2ccc(N(c3ccc(-n4c5ccccc5c5c(-c6ccc7c8ccccc8n(-c8ccccc8)c7c6)cccc54)cc3)c3ccc4sc5ccccc5c4c3)cc2)cc1. The molecule has 0 saturated carbocycles. The van der Waals surface area contributed by atoms with Crippen molar-refractivity contribution < 1.29 is 0 Å². The number of rotatable bonds is 7. The van der Waals surface area contributed by atoms with E-state index in [1.54, 1.807) is 0 Å². The topological polar surface area (TPSA) is 13.1 Å². The number of benzene rings is 10. The molecular weight excluding hydrogens is 795 g/mol. The molecule has 13 aromatic rings. The van der Waals surface area contributed by atoms with Gasteiger partial charge < -0.3 is 14.0 Å². The zero-order valence-corrected chi connectivity index (χ0v) is 35.6. The summed E-state index contributed by atoms with van der Waals surface area (Å²) in [5, 5.41) is 7.57. The second kappa shape index (κ2) is 14.7. The van der Waals surface area contributed by atoms with Gasteiger partial charge in [-0.2, -0.15) is 0 Å². The van der Waals surface area contributed by atoms with Gasteiger partial charge in [0.1, 0.15) is 0 Å². The Bertz CT molecular complexity index is 3880. The van der Waals surface area contributed by atoms with Gasteiger partial charge in [-0.3, -0.25) is 0 Å². The third-order valence-corrected chi connectivity index (χ3v) is 14.1. The van der Waals surface area contributed by atoms with Gasteiger partial charge >= 0.3 is 0 Å². The lowest BCUT2D eigenvalue weighted by molar-refractivity contribution is 1.17. The van der Waals surface area contributed by atoms with Crippen LogP contribution in [0.2, 0.25) is 0 Å². The third kappa shape index (κ3) is 5.81. The van der Waals surface area contributed by atoms with Crippen LogP contribution in [0.25, 0.3) is 97.4 Å². The molecule has 13 rings (SSSR count). The highest BCUT2D eigenvalue weighted by Crippen LogP contribution is 2.44. The van der Waals surface area contributed by atoms with E-state index in [4.69, 9.17) is 0 Å². The van der Waals surface area contributed by atoms with Crippen LogP contribution in [0.15, 0.2) is 237 Å². The highest BCUT2D eigenvalue weighted by Gasteiger charge is 2.20. The summed E-state index contributed by atoms with van der Waals surface area (Å²) in [7, 11) is 0. The Morgan fingerprint density at radius 1 is 0.297 bits per heavy atom. The van der Waals surface area contributed by atoms with Crippen molar-refractivity contribution in [3.8, 4) is 33.6 Å². The van der Waals surface area contributed by atoms with Gasteiger partial charge in [0.2, 0.25) is 0 Å². The number of anilines is 3. The maximum atomic E-state index is 2.43. The van der Waals surface area contributed by atoms with E-state index in [1.165, 1.54) is 86.0 Å². The first-order valence-corrected chi connectivity index (χ1v) is 22.7. The average Bonchev–Trinajstić information content (AvgIpc) is 4.02. The summed E-state index contributed by atoms with van der Waals surface area (Å²) in [5.74, 6) is 0. The van der Waals surface area contributed by atoms with Crippen LogP contribution in [0.4, 0.5) is 17.1 Å². The van der Waals surface area contributed by atoms with Crippen molar-refractivity contribution in [3.63, 3.8) is 0 Å². The zero-order valence-electron chi connectivity index (χ0n) is 34.8. The van der Waals surface area contributed by atoms with Crippen molar-refractivity contribution in [1.29, 1.82) is 0 Å². The summed E-state index contributed by atoms with van der Waals surface area (Å²) in [6.07, 6.45) is 0. The van der Waals surface area contributed by atoms with Gasteiger partial charge in [-0.1, -0.05) is 140 Å². The highest BCUT2D eigenvalue weighted by atomic mass is 32.1. The number of thiophene rings is 1. The van der Waals surface area contributed by atoms with Crippen LogP contribution in [-0.2, 0) is 0 Å². The molecule has 0 radical (unpaired) electrons. The van der Waals surface area contributed by atoms with E-state index in [0.717, 1.165) is 28.4 Å². The summed E-state index contributed by atoms with van der Waals surface area (Å²) >= 11 is 1.85. The summed E-state index contributed by atoms with van der Waals surface area (Å²) in [6, 6.07) is 86.4. The lowest BCUT2D eigenvalue weighted by Crippen LogP contribution is -2.10. The Morgan fingerprint density at radius 3 is 1.61 bits per heavy atom. The van der Waals surface area contributed by atoms with Gasteiger partial charge in [-0.25, -0.2) is 0 Å². The van der Waals surface area contributed by atoms with Crippen molar-refractivity contribution >= 4 is 92.2 Å². The van der Waals surface area contributed by atoms with Crippen LogP contribution in [0.3, 0.4) is 0 Å². The molecule has 4 heteroatoms. The number of para-hydroxylation sites is 3. The quantitative estimate of drug-likeness (QED) is 0.156. The van der Waals surface area contributed by atoms with E-state index >= 15 is 0 Å². The molecule has 3 aromatic heterocycles. The second-order valence-electron chi connectivity index (χ2n) is 16.5. The lowest BCUT2D eigenvalue weighted by Gasteiger charge is -2.26. The maximum Gasteiger partial charge on any atom is 0.0547 e. The summed E-state index contributed by atoms with van der Waals surface area (Å²) in [6.45, 7) is 0. The summed E-state index contributed by atoms with van der Waals surface area (Å²) in [5.41, 5.74) is 15.2. The standard InChI is InChI=1S/C60H39N3S/c1-3-14-40(15-4-1)41-26-29-44(30-27-41)61(47-35-37-59-53(39-47)51-19-9-12-25-58(51)64-59)45-31-33-46(34-32-45)62-55-23-11-8-20-52(55)60-48(21-13-24-56(60)62)42-28-36-50-49-18-7-10-22-54(49)63(57(50)38-42)43-16-5-2-6-17-43/h1-39H. The molecule has 0 fully saturated rings. The Hall–Kier alpha value is -8.18. The molecular formula is C60H39N3S. The first kappa shape index (κ1) is 36.5. The maximum absolute atomic E-state index is 2.43. The van der Waals surface area contributed by atoms with Crippen LogP contribution >= 0.6 is 11.3 Å². The minimum Gasteiger partial charge on any atom is -0.310 e. The van der Waals surface area contributed by atoms with Gasteiger partial charge in [-0.05, 0) is 119 Å². The Balaban J connectivity index is 0.952. The molecule has 0 N–H and O–H groups in total. The fraction of sp³-hybridized carbons (Fsp3) is 0. The lowest BCUT2D eigenvalue weighted by atomic mass is 9.98. The molecule has 0 unspecified atom stereocenters. The first-order chi connectivity index (χ1) is 31.7. The van der Waals surface area contributed by atoms with Crippen molar-refractivity contribution in [2.24, 2.45) is 0 Å². The highest BCUT2D eigenvalue weighted by molar-refractivity contribution is 7.25. The molecule has 0 spiro atoms. The van der Waals surface area contributed by atoms with E-state index in [1.807, 2.05) is 11.3 Å². The second-order valence-corrected chi connectivity index (χ2v) is 17.6. The predicted octanol–water partition coefficient (Wildman–Crippen LogP) is 17.1. The molecule has 10 aromatic carbocycles. The van der Waals surface area contributed by atoms with Crippen molar-refractivity contribution in [2.45, 2.75) is 0 Å². The van der Waals surface area contributed by atoms with Crippen LogP contribution in [0.5, 0.6) is 0 Å². The van der Waals surface area contributed by atoms with E-state index in [9.17, 15) is 0 Å². The average molecular weight is 834 g/mol. The minimum absolute atomic E-state index is 1.10.